The molecule has 0 radical (unpaired) electrons. The molecule has 1 fully saturated rings. The predicted octanol–water partition coefficient (Wildman–Crippen LogP) is -1.71. The summed E-state index contributed by atoms with van der Waals surface area (Å²) in [4.78, 5) is 0. The van der Waals surface area contributed by atoms with Crippen LogP contribution in [0.1, 0.15) is 13.8 Å². The first-order valence-electron chi connectivity index (χ1n) is 6.05. The van der Waals surface area contributed by atoms with Crippen LogP contribution in [-0.4, -0.2) is 72.2 Å². The molecule has 0 aromatic heterocycles. The highest BCUT2D eigenvalue weighted by molar-refractivity contribution is 7.80. The van der Waals surface area contributed by atoms with Gasteiger partial charge < -0.3 is 24.8 Å². The summed E-state index contributed by atoms with van der Waals surface area (Å²) in [7, 11) is -4.70. The summed E-state index contributed by atoms with van der Waals surface area (Å²) in [6.45, 7) is 3.24. The lowest BCUT2D eigenvalue weighted by atomic mass is 9.99. The van der Waals surface area contributed by atoms with Gasteiger partial charge in [-0.15, -0.1) is 0 Å². The van der Waals surface area contributed by atoms with Crippen LogP contribution in [0.2, 0.25) is 0 Å². The van der Waals surface area contributed by atoms with Crippen LogP contribution in [0, 0.1) is 5.92 Å². The number of hydrogen-bond donors (Lipinski definition) is 4. The molecule has 120 valence electrons. The minimum absolute atomic E-state index is 0.141. The summed E-state index contributed by atoms with van der Waals surface area (Å²) in [6, 6.07) is 0. The maximum atomic E-state index is 10.5. The van der Waals surface area contributed by atoms with E-state index < -0.39 is 47.7 Å². The molecule has 4 N–H and O–H groups in total. The Morgan fingerprint density at radius 3 is 2.25 bits per heavy atom. The minimum Gasteiger partial charge on any atom is -0.387 e. The number of rotatable bonds is 6. The SMILES string of the molecule is CC(C)CO[C@H]1O[C@H](COS(=O)(=O)O)[C@H](O)[C@H](O)[C@H]1O. The van der Waals surface area contributed by atoms with E-state index in [1.165, 1.54) is 0 Å². The van der Waals surface area contributed by atoms with Gasteiger partial charge in [-0.1, -0.05) is 13.8 Å². The summed E-state index contributed by atoms with van der Waals surface area (Å²) in [6.07, 6.45) is -7.15. The number of aliphatic hydroxyl groups excluding tert-OH is 3. The van der Waals surface area contributed by atoms with Crippen molar-refractivity contribution in [2.24, 2.45) is 5.92 Å². The first-order chi connectivity index (χ1) is 9.11. The van der Waals surface area contributed by atoms with E-state index in [4.69, 9.17) is 14.0 Å². The summed E-state index contributed by atoms with van der Waals surface area (Å²) in [5.41, 5.74) is 0. The molecule has 5 atom stereocenters. The molecular formula is C10H20O9S. The highest BCUT2D eigenvalue weighted by Crippen LogP contribution is 2.23. The van der Waals surface area contributed by atoms with Crippen LogP contribution >= 0.6 is 0 Å². The lowest BCUT2D eigenvalue weighted by Gasteiger charge is -2.40. The Hall–Kier alpha value is -0.330. The van der Waals surface area contributed by atoms with Gasteiger partial charge in [-0.3, -0.25) is 4.55 Å². The maximum Gasteiger partial charge on any atom is 0.397 e. The molecule has 20 heavy (non-hydrogen) atoms. The first-order valence-corrected chi connectivity index (χ1v) is 7.41. The fraction of sp³-hybridized carbons (Fsp3) is 1.00. The summed E-state index contributed by atoms with van der Waals surface area (Å²) >= 11 is 0. The lowest BCUT2D eigenvalue weighted by molar-refractivity contribution is -0.301. The molecule has 1 heterocycles. The van der Waals surface area contributed by atoms with E-state index in [0.29, 0.717) is 0 Å². The molecule has 1 saturated heterocycles. The van der Waals surface area contributed by atoms with Crippen molar-refractivity contribution >= 4 is 10.4 Å². The van der Waals surface area contributed by atoms with Gasteiger partial charge in [0, 0.05) is 0 Å². The van der Waals surface area contributed by atoms with Crippen LogP contribution in [-0.2, 0) is 24.1 Å². The standard InChI is InChI=1S/C10H20O9S/c1-5(2)3-17-10-9(13)8(12)7(11)6(19-10)4-18-20(14,15)16/h5-13H,3-4H2,1-2H3,(H,14,15,16)/t6-,7+,8+,9-,10+/m1/s1. The van der Waals surface area contributed by atoms with Crippen molar-refractivity contribution in [1.29, 1.82) is 0 Å². The highest BCUT2D eigenvalue weighted by atomic mass is 32.3. The summed E-state index contributed by atoms with van der Waals surface area (Å²) in [5, 5.41) is 29.0. The van der Waals surface area contributed by atoms with Gasteiger partial charge in [-0.05, 0) is 5.92 Å². The molecule has 1 aliphatic rings. The van der Waals surface area contributed by atoms with E-state index in [-0.39, 0.29) is 12.5 Å². The Bertz CT molecular complexity index is 396. The zero-order valence-electron chi connectivity index (χ0n) is 11.1. The molecule has 1 rings (SSSR count). The third-order valence-electron chi connectivity index (χ3n) is 2.64. The van der Waals surface area contributed by atoms with Gasteiger partial charge in [0.25, 0.3) is 0 Å². The topological polar surface area (TPSA) is 143 Å². The molecule has 0 bridgehead atoms. The Labute approximate surface area is 117 Å². The quantitative estimate of drug-likeness (QED) is 0.421. The monoisotopic (exact) mass is 316 g/mol. The van der Waals surface area contributed by atoms with E-state index in [0.717, 1.165) is 0 Å². The Morgan fingerprint density at radius 2 is 1.75 bits per heavy atom. The van der Waals surface area contributed by atoms with Crippen LogP contribution in [0.5, 0.6) is 0 Å². The van der Waals surface area contributed by atoms with Crippen molar-refractivity contribution in [2.45, 2.75) is 44.6 Å². The lowest BCUT2D eigenvalue weighted by Crippen LogP contribution is -2.59. The van der Waals surface area contributed by atoms with Crippen molar-refractivity contribution in [3.63, 3.8) is 0 Å². The fourth-order valence-corrected chi connectivity index (χ4v) is 1.94. The minimum atomic E-state index is -4.70. The average molecular weight is 316 g/mol. The van der Waals surface area contributed by atoms with Gasteiger partial charge in [0.2, 0.25) is 0 Å². The van der Waals surface area contributed by atoms with E-state index in [2.05, 4.69) is 4.18 Å². The molecule has 0 aliphatic carbocycles. The van der Waals surface area contributed by atoms with Crippen molar-refractivity contribution in [3.05, 3.63) is 0 Å². The van der Waals surface area contributed by atoms with Gasteiger partial charge in [-0.25, -0.2) is 4.18 Å². The second-order valence-corrected chi connectivity index (χ2v) is 6.05. The van der Waals surface area contributed by atoms with Gasteiger partial charge >= 0.3 is 10.4 Å². The van der Waals surface area contributed by atoms with Gasteiger partial charge in [0.1, 0.15) is 24.4 Å². The average Bonchev–Trinajstić information content (AvgIpc) is 2.32. The van der Waals surface area contributed by atoms with Crippen LogP contribution in [0.25, 0.3) is 0 Å². The first kappa shape index (κ1) is 17.7. The van der Waals surface area contributed by atoms with E-state index in [9.17, 15) is 23.7 Å². The van der Waals surface area contributed by atoms with Crippen LogP contribution < -0.4 is 0 Å². The molecule has 0 amide bonds. The number of aliphatic hydroxyl groups is 3. The molecule has 0 saturated carbocycles. The van der Waals surface area contributed by atoms with Crippen LogP contribution in [0.15, 0.2) is 0 Å². The maximum absolute atomic E-state index is 10.5. The zero-order chi connectivity index (χ0) is 15.5. The molecular weight excluding hydrogens is 296 g/mol. The Kier molecular flexibility index (Phi) is 6.28. The Balaban J connectivity index is 2.65. The molecule has 0 aromatic rings. The van der Waals surface area contributed by atoms with Crippen molar-refractivity contribution in [2.75, 3.05) is 13.2 Å². The van der Waals surface area contributed by atoms with E-state index >= 15 is 0 Å². The molecule has 0 spiro atoms. The second-order valence-electron chi connectivity index (χ2n) is 4.95. The highest BCUT2D eigenvalue weighted by Gasteiger charge is 2.44. The zero-order valence-corrected chi connectivity index (χ0v) is 11.9. The molecule has 0 unspecified atom stereocenters. The largest absolute Gasteiger partial charge is 0.397 e. The van der Waals surface area contributed by atoms with Gasteiger partial charge in [-0.2, -0.15) is 8.42 Å². The molecule has 10 heteroatoms. The van der Waals surface area contributed by atoms with Gasteiger partial charge in [0.05, 0.1) is 13.2 Å². The molecule has 1 aliphatic heterocycles. The number of hydrogen-bond acceptors (Lipinski definition) is 8. The van der Waals surface area contributed by atoms with Crippen molar-refractivity contribution in [3.8, 4) is 0 Å². The predicted molar refractivity (Wildman–Crippen MR) is 65.0 cm³/mol. The Morgan fingerprint density at radius 1 is 1.15 bits per heavy atom. The normalized spacial score (nSPS) is 35.5. The van der Waals surface area contributed by atoms with Crippen molar-refractivity contribution < 1.29 is 41.9 Å². The summed E-state index contributed by atoms with van der Waals surface area (Å²) in [5.74, 6) is 0.141. The van der Waals surface area contributed by atoms with E-state index in [1.807, 2.05) is 13.8 Å². The third-order valence-corrected chi connectivity index (χ3v) is 3.08. The smallest absolute Gasteiger partial charge is 0.387 e. The van der Waals surface area contributed by atoms with Crippen LogP contribution in [0.3, 0.4) is 0 Å². The fourth-order valence-electron chi connectivity index (χ4n) is 1.63. The third kappa shape index (κ3) is 5.22. The second kappa shape index (κ2) is 7.09. The van der Waals surface area contributed by atoms with Gasteiger partial charge in [0.15, 0.2) is 6.29 Å². The van der Waals surface area contributed by atoms with Crippen LogP contribution in [0.4, 0.5) is 0 Å². The molecule has 9 nitrogen and oxygen atoms in total. The summed E-state index contributed by atoms with van der Waals surface area (Å²) < 4.78 is 43.9. The van der Waals surface area contributed by atoms with E-state index in [1.54, 1.807) is 0 Å². The molecule has 0 aromatic carbocycles. The number of ether oxygens (including phenoxy) is 2. The van der Waals surface area contributed by atoms with Crippen molar-refractivity contribution in [1.82, 2.24) is 0 Å².